The molecule has 0 aliphatic rings. The van der Waals surface area contributed by atoms with Crippen molar-refractivity contribution < 1.29 is 4.74 Å². The van der Waals surface area contributed by atoms with Gasteiger partial charge in [0.15, 0.2) is 0 Å². The highest BCUT2D eigenvalue weighted by Crippen LogP contribution is 2.10. The van der Waals surface area contributed by atoms with Crippen LogP contribution in [0.1, 0.15) is 0 Å². The van der Waals surface area contributed by atoms with E-state index < -0.39 is 8.07 Å². The summed E-state index contributed by atoms with van der Waals surface area (Å²) in [7, 11) is -0.954. The summed E-state index contributed by atoms with van der Waals surface area (Å²) in [5, 5.41) is 0. The number of ether oxygens (including phenoxy) is 1. The van der Waals surface area contributed by atoms with Crippen molar-refractivity contribution in [2.75, 3.05) is 6.61 Å². The maximum absolute atomic E-state index is 5.56. The van der Waals surface area contributed by atoms with Crippen LogP contribution in [0.25, 0.3) is 0 Å². The lowest BCUT2D eigenvalue weighted by atomic mass is 10.8. The van der Waals surface area contributed by atoms with Gasteiger partial charge in [-0.2, -0.15) is 0 Å². The zero-order valence-corrected chi connectivity index (χ0v) is 11.5. The van der Waals surface area contributed by atoms with Crippen molar-refractivity contribution in [1.29, 1.82) is 0 Å². The fourth-order valence-corrected chi connectivity index (χ4v) is 2.01. The van der Waals surface area contributed by atoms with Gasteiger partial charge in [-0.05, 0) is 22.0 Å². The molecule has 0 bridgehead atoms. The third-order valence-corrected chi connectivity index (χ3v) is 4.25. The molecule has 0 fully saturated rings. The van der Waals surface area contributed by atoms with Crippen molar-refractivity contribution >= 4 is 24.0 Å². The number of imidazole rings is 1. The second-order valence-electron chi connectivity index (χ2n) is 4.53. The molecule has 1 aromatic heterocycles. The third kappa shape index (κ3) is 4.39. The third-order valence-electron chi connectivity index (χ3n) is 1.89. The SMILES string of the molecule is C[Si](C)(C)CCOCn1cncc1Br. The molecule has 0 aromatic carbocycles. The van der Waals surface area contributed by atoms with Crippen molar-refractivity contribution in [3.05, 3.63) is 17.1 Å². The van der Waals surface area contributed by atoms with E-state index in [1.54, 1.807) is 12.5 Å². The first-order valence-corrected chi connectivity index (χ1v) is 9.22. The Labute approximate surface area is 94.6 Å². The topological polar surface area (TPSA) is 27.1 Å². The molecule has 80 valence electrons. The molecule has 3 nitrogen and oxygen atoms in total. The normalized spacial score (nSPS) is 12.0. The molecule has 14 heavy (non-hydrogen) atoms. The van der Waals surface area contributed by atoms with Gasteiger partial charge in [-0.15, -0.1) is 0 Å². The Balaban J connectivity index is 2.20. The maximum Gasteiger partial charge on any atom is 0.124 e. The average Bonchev–Trinajstić information content (AvgIpc) is 2.44. The summed E-state index contributed by atoms with van der Waals surface area (Å²) in [6, 6.07) is 1.21. The van der Waals surface area contributed by atoms with Gasteiger partial charge >= 0.3 is 0 Å². The lowest BCUT2D eigenvalue weighted by Crippen LogP contribution is -2.22. The van der Waals surface area contributed by atoms with Crippen molar-refractivity contribution in [1.82, 2.24) is 9.55 Å². The predicted octanol–water partition coefficient (Wildman–Crippen LogP) is 2.96. The molecule has 0 unspecified atom stereocenters. The van der Waals surface area contributed by atoms with Gasteiger partial charge in [0, 0.05) is 14.7 Å². The molecule has 0 spiro atoms. The molecule has 5 heteroatoms. The summed E-state index contributed by atoms with van der Waals surface area (Å²) in [5.74, 6) is 0. The van der Waals surface area contributed by atoms with Crippen LogP contribution in [-0.4, -0.2) is 24.2 Å². The van der Waals surface area contributed by atoms with Crippen LogP contribution in [0.3, 0.4) is 0 Å². The van der Waals surface area contributed by atoms with E-state index in [1.807, 2.05) is 4.57 Å². The number of halogens is 1. The van der Waals surface area contributed by atoms with Gasteiger partial charge in [-0.25, -0.2) is 4.98 Å². The minimum Gasteiger partial charge on any atom is -0.361 e. The summed E-state index contributed by atoms with van der Waals surface area (Å²) < 4.78 is 8.46. The highest BCUT2D eigenvalue weighted by molar-refractivity contribution is 9.10. The van der Waals surface area contributed by atoms with Crippen LogP contribution in [0, 0.1) is 0 Å². The second-order valence-corrected chi connectivity index (χ2v) is 11.0. The van der Waals surface area contributed by atoms with Gasteiger partial charge in [-0.3, -0.25) is 0 Å². The van der Waals surface area contributed by atoms with E-state index in [9.17, 15) is 0 Å². The molecule has 0 aliphatic heterocycles. The van der Waals surface area contributed by atoms with Gasteiger partial charge in [0.05, 0.1) is 12.5 Å². The van der Waals surface area contributed by atoms with Crippen LogP contribution in [0.5, 0.6) is 0 Å². The van der Waals surface area contributed by atoms with Crippen LogP contribution < -0.4 is 0 Å². The first-order chi connectivity index (χ1) is 6.49. The average molecular weight is 277 g/mol. The van der Waals surface area contributed by atoms with Crippen LogP contribution >= 0.6 is 15.9 Å². The maximum atomic E-state index is 5.56. The summed E-state index contributed by atoms with van der Waals surface area (Å²) in [6.45, 7) is 8.49. The number of rotatable bonds is 5. The molecule has 0 atom stereocenters. The minimum absolute atomic E-state index is 0.588. The van der Waals surface area contributed by atoms with E-state index in [-0.39, 0.29) is 0 Å². The summed E-state index contributed by atoms with van der Waals surface area (Å²) in [4.78, 5) is 3.99. The first-order valence-electron chi connectivity index (χ1n) is 4.72. The van der Waals surface area contributed by atoms with E-state index in [1.165, 1.54) is 6.04 Å². The molecule has 1 aromatic rings. The van der Waals surface area contributed by atoms with E-state index in [0.717, 1.165) is 11.2 Å². The molecular weight excluding hydrogens is 260 g/mol. The van der Waals surface area contributed by atoms with Crippen molar-refractivity contribution in [2.24, 2.45) is 0 Å². The summed E-state index contributed by atoms with van der Waals surface area (Å²) in [6.07, 6.45) is 3.53. The van der Waals surface area contributed by atoms with Gasteiger partial charge in [0.25, 0.3) is 0 Å². The van der Waals surface area contributed by atoms with Crippen molar-refractivity contribution in [3.8, 4) is 0 Å². The number of hydrogen-bond donors (Lipinski definition) is 0. The number of aromatic nitrogens is 2. The summed E-state index contributed by atoms with van der Waals surface area (Å²) >= 11 is 3.39. The Bertz CT molecular complexity index is 283. The Hall–Kier alpha value is -0.133. The first kappa shape index (κ1) is 11.9. The molecular formula is C9H17BrN2OSi. The Kier molecular flexibility index (Phi) is 4.34. The fourth-order valence-electron chi connectivity index (χ4n) is 0.941. The Morgan fingerprint density at radius 3 is 2.71 bits per heavy atom. The Morgan fingerprint density at radius 1 is 1.50 bits per heavy atom. The zero-order chi connectivity index (χ0) is 10.6. The molecule has 0 N–H and O–H groups in total. The molecule has 0 radical (unpaired) electrons. The van der Waals surface area contributed by atoms with Gasteiger partial charge in [-0.1, -0.05) is 19.6 Å². The molecule has 1 heterocycles. The van der Waals surface area contributed by atoms with Crippen LogP contribution in [-0.2, 0) is 11.5 Å². The molecule has 0 amide bonds. The standard InChI is InChI=1S/C9H17BrN2OSi/c1-14(2,3)5-4-13-8-12-7-11-6-9(12)10/h6-7H,4-5,8H2,1-3H3. The van der Waals surface area contributed by atoms with Crippen LogP contribution in [0.15, 0.2) is 17.1 Å². The quantitative estimate of drug-likeness (QED) is 0.611. The second kappa shape index (κ2) is 5.09. The lowest BCUT2D eigenvalue weighted by Gasteiger charge is -2.15. The highest BCUT2D eigenvalue weighted by Gasteiger charge is 2.11. The van der Waals surface area contributed by atoms with Gasteiger partial charge in [0.1, 0.15) is 11.3 Å². The molecule has 0 aliphatic carbocycles. The van der Waals surface area contributed by atoms with Crippen molar-refractivity contribution in [3.63, 3.8) is 0 Å². The molecule has 1 rings (SSSR count). The van der Waals surface area contributed by atoms with E-state index in [0.29, 0.717) is 6.73 Å². The molecule has 0 saturated heterocycles. The molecule has 0 saturated carbocycles. The zero-order valence-electron chi connectivity index (χ0n) is 8.96. The van der Waals surface area contributed by atoms with Gasteiger partial charge in [0.2, 0.25) is 0 Å². The van der Waals surface area contributed by atoms with E-state index in [2.05, 4.69) is 40.6 Å². The number of nitrogens with zero attached hydrogens (tertiary/aromatic N) is 2. The van der Waals surface area contributed by atoms with E-state index in [4.69, 9.17) is 4.74 Å². The highest BCUT2D eigenvalue weighted by atomic mass is 79.9. The largest absolute Gasteiger partial charge is 0.361 e. The smallest absolute Gasteiger partial charge is 0.124 e. The lowest BCUT2D eigenvalue weighted by molar-refractivity contribution is 0.0857. The van der Waals surface area contributed by atoms with Crippen molar-refractivity contribution in [2.45, 2.75) is 32.4 Å². The minimum atomic E-state index is -0.954. The summed E-state index contributed by atoms with van der Waals surface area (Å²) in [5.41, 5.74) is 0. The number of hydrogen-bond acceptors (Lipinski definition) is 2. The van der Waals surface area contributed by atoms with Gasteiger partial charge < -0.3 is 9.30 Å². The van der Waals surface area contributed by atoms with Crippen LogP contribution in [0.2, 0.25) is 25.7 Å². The fraction of sp³-hybridized carbons (Fsp3) is 0.667. The predicted molar refractivity (Wildman–Crippen MR) is 64.0 cm³/mol. The van der Waals surface area contributed by atoms with E-state index >= 15 is 0 Å². The monoisotopic (exact) mass is 276 g/mol. The van der Waals surface area contributed by atoms with Crippen LogP contribution in [0.4, 0.5) is 0 Å². The Morgan fingerprint density at radius 2 is 2.21 bits per heavy atom.